The van der Waals surface area contributed by atoms with Gasteiger partial charge in [-0.2, -0.15) is 4.31 Å². The summed E-state index contributed by atoms with van der Waals surface area (Å²) in [6.07, 6.45) is 3.66. The zero-order chi connectivity index (χ0) is 22.3. The van der Waals surface area contributed by atoms with E-state index in [0.717, 1.165) is 25.7 Å². The van der Waals surface area contributed by atoms with Crippen LogP contribution in [0.5, 0.6) is 5.75 Å². The van der Waals surface area contributed by atoms with E-state index >= 15 is 0 Å². The third-order valence-corrected chi connectivity index (χ3v) is 6.88. The molecule has 1 amide bonds. The van der Waals surface area contributed by atoms with Gasteiger partial charge in [-0.3, -0.25) is 4.79 Å². The Balaban J connectivity index is 1.64. The predicted molar refractivity (Wildman–Crippen MR) is 116 cm³/mol. The molecule has 3 rings (SSSR count). The normalized spacial score (nSPS) is 15.0. The van der Waals surface area contributed by atoms with Gasteiger partial charge in [0.15, 0.2) is 6.61 Å². The van der Waals surface area contributed by atoms with Crippen molar-refractivity contribution in [1.29, 1.82) is 0 Å². The van der Waals surface area contributed by atoms with Crippen molar-refractivity contribution >= 4 is 27.6 Å². The molecule has 1 saturated heterocycles. The smallest absolute Gasteiger partial charge is 0.338 e. The van der Waals surface area contributed by atoms with E-state index in [9.17, 15) is 18.0 Å². The molecule has 0 unspecified atom stereocenters. The molecule has 0 spiro atoms. The van der Waals surface area contributed by atoms with E-state index in [-0.39, 0.29) is 10.5 Å². The molecule has 1 N–H and O–H groups in total. The maximum Gasteiger partial charge on any atom is 0.338 e. The van der Waals surface area contributed by atoms with Crippen LogP contribution in [-0.4, -0.2) is 51.4 Å². The Hall–Kier alpha value is -2.91. The van der Waals surface area contributed by atoms with Crippen LogP contribution in [0.3, 0.4) is 0 Å². The van der Waals surface area contributed by atoms with Gasteiger partial charge in [0.1, 0.15) is 5.75 Å². The van der Waals surface area contributed by atoms with E-state index in [1.165, 1.54) is 35.7 Å². The average molecular weight is 447 g/mol. The number of para-hydroxylation sites is 2. The first-order chi connectivity index (χ1) is 14.9. The number of sulfonamides is 1. The minimum absolute atomic E-state index is 0.0438. The largest absolute Gasteiger partial charge is 0.495 e. The second kappa shape index (κ2) is 10.4. The molecular weight excluding hydrogens is 420 g/mol. The summed E-state index contributed by atoms with van der Waals surface area (Å²) in [5.74, 6) is -0.831. The number of rotatable bonds is 7. The van der Waals surface area contributed by atoms with Crippen molar-refractivity contribution < 1.29 is 27.5 Å². The van der Waals surface area contributed by atoms with Gasteiger partial charge in [0, 0.05) is 13.1 Å². The number of carbonyl (C=O) groups excluding carboxylic acids is 2. The van der Waals surface area contributed by atoms with Crippen molar-refractivity contribution in [1.82, 2.24) is 4.31 Å². The van der Waals surface area contributed by atoms with Gasteiger partial charge in [0.2, 0.25) is 10.0 Å². The summed E-state index contributed by atoms with van der Waals surface area (Å²) in [5, 5.41) is 2.61. The van der Waals surface area contributed by atoms with E-state index < -0.39 is 28.5 Å². The van der Waals surface area contributed by atoms with Gasteiger partial charge in [-0.15, -0.1) is 0 Å². The lowest BCUT2D eigenvalue weighted by Gasteiger charge is -2.20. The molecule has 166 valence electrons. The second-order valence-electron chi connectivity index (χ2n) is 7.17. The summed E-state index contributed by atoms with van der Waals surface area (Å²) >= 11 is 0. The van der Waals surface area contributed by atoms with Gasteiger partial charge in [-0.05, 0) is 43.2 Å². The van der Waals surface area contributed by atoms with Crippen LogP contribution in [0.25, 0.3) is 0 Å². The summed E-state index contributed by atoms with van der Waals surface area (Å²) in [5.41, 5.74) is 0.526. The second-order valence-corrected chi connectivity index (χ2v) is 9.11. The number of methoxy groups -OCH3 is 1. The van der Waals surface area contributed by atoms with Crippen LogP contribution in [0.15, 0.2) is 53.4 Å². The number of hydrogen-bond acceptors (Lipinski definition) is 6. The number of hydrogen-bond donors (Lipinski definition) is 1. The molecule has 9 heteroatoms. The van der Waals surface area contributed by atoms with Crippen molar-refractivity contribution in [2.45, 2.75) is 30.6 Å². The standard InChI is InChI=1S/C22H26N2O6S/c1-29-20-12-5-4-11-19(20)23-21(25)16-30-22(26)17-9-8-10-18(15-17)31(27,28)24-13-6-2-3-7-14-24/h4-5,8-12,15H,2-3,6-7,13-14,16H2,1H3,(H,23,25). The molecule has 0 radical (unpaired) electrons. The summed E-state index contributed by atoms with van der Waals surface area (Å²) in [6, 6.07) is 12.6. The number of nitrogens with one attached hydrogen (secondary N) is 1. The van der Waals surface area contributed by atoms with Crippen molar-refractivity contribution in [2.75, 3.05) is 32.1 Å². The van der Waals surface area contributed by atoms with E-state index in [1.807, 2.05) is 0 Å². The highest BCUT2D eigenvalue weighted by atomic mass is 32.2. The van der Waals surface area contributed by atoms with Crippen molar-refractivity contribution in [3.8, 4) is 5.75 Å². The molecular formula is C22H26N2O6S. The summed E-state index contributed by atoms with van der Waals surface area (Å²) in [7, 11) is -2.20. The van der Waals surface area contributed by atoms with Crippen molar-refractivity contribution in [2.24, 2.45) is 0 Å². The van der Waals surface area contributed by atoms with Gasteiger partial charge in [0.25, 0.3) is 5.91 Å². The molecule has 1 aliphatic rings. The molecule has 1 fully saturated rings. The molecule has 0 aromatic heterocycles. The maximum atomic E-state index is 12.9. The van der Waals surface area contributed by atoms with Crippen LogP contribution >= 0.6 is 0 Å². The van der Waals surface area contributed by atoms with Gasteiger partial charge >= 0.3 is 5.97 Å². The van der Waals surface area contributed by atoms with Crippen LogP contribution in [0, 0.1) is 0 Å². The fraction of sp³-hybridized carbons (Fsp3) is 0.364. The SMILES string of the molecule is COc1ccccc1NC(=O)COC(=O)c1cccc(S(=O)(=O)N2CCCCCC2)c1. The van der Waals surface area contributed by atoms with Gasteiger partial charge in [-0.25, -0.2) is 13.2 Å². The van der Waals surface area contributed by atoms with Crippen LogP contribution < -0.4 is 10.1 Å². The third kappa shape index (κ3) is 5.83. The minimum atomic E-state index is -3.69. The zero-order valence-corrected chi connectivity index (χ0v) is 18.2. The molecule has 0 aliphatic carbocycles. The summed E-state index contributed by atoms with van der Waals surface area (Å²) in [4.78, 5) is 24.6. The highest BCUT2D eigenvalue weighted by Crippen LogP contribution is 2.23. The van der Waals surface area contributed by atoms with Gasteiger partial charge in [-0.1, -0.05) is 31.0 Å². The first-order valence-electron chi connectivity index (χ1n) is 10.1. The maximum absolute atomic E-state index is 12.9. The number of carbonyl (C=O) groups is 2. The Kier molecular flexibility index (Phi) is 7.64. The lowest BCUT2D eigenvalue weighted by atomic mass is 10.2. The van der Waals surface area contributed by atoms with Gasteiger partial charge in [0.05, 0.1) is 23.3 Å². The third-order valence-electron chi connectivity index (χ3n) is 4.99. The summed E-state index contributed by atoms with van der Waals surface area (Å²) in [6.45, 7) is 0.431. The fourth-order valence-corrected chi connectivity index (χ4v) is 4.93. The molecule has 1 aliphatic heterocycles. The van der Waals surface area contributed by atoms with E-state index in [4.69, 9.17) is 9.47 Å². The van der Waals surface area contributed by atoms with E-state index in [0.29, 0.717) is 24.5 Å². The Morgan fingerprint density at radius 1 is 1.00 bits per heavy atom. The molecule has 1 heterocycles. The predicted octanol–water partition coefficient (Wildman–Crippen LogP) is 3.06. The number of anilines is 1. The Labute approximate surface area is 182 Å². The molecule has 0 atom stereocenters. The van der Waals surface area contributed by atoms with Crippen molar-refractivity contribution in [3.63, 3.8) is 0 Å². The molecule has 0 bridgehead atoms. The molecule has 31 heavy (non-hydrogen) atoms. The molecule has 8 nitrogen and oxygen atoms in total. The van der Waals surface area contributed by atoms with Crippen LogP contribution in [0.1, 0.15) is 36.0 Å². The van der Waals surface area contributed by atoms with E-state index in [2.05, 4.69) is 5.32 Å². The number of benzene rings is 2. The molecule has 0 saturated carbocycles. The van der Waals surface area contributed by atoms with Gasteiger partial charge < -0.3 is 14.8 Å². The molecule has 2 aromatic carbocycles. The monoisotopic (exact) mass is 446 g/mol. The number of ether oxygens (including phenoxy) is 2. The minimum Gasteiger partial charge on any atom is -0.495 e. The lowest BCUT2D eigenvalue weighted by molar-refractivity contribution is -0.119. The first kappa shape index (κ1) is 22.8. The molecule has 2 aromatic rings. The Morgan fingerprint density at radius 2 is 1.71 bits per heavy atom. The Morgan fingerprint density at radius 3 is 2.42 bits per heavy atom. The van der Waals surface area contributed by atoms with E-state index in [1.54, 1.807) is 24.3 Å². The topological polar surface area (TPSA) is 102 Å². The quantitative estimate of drug-likeness (QED) is 0.656. The highest BCUT2D eigenvalue weighted by molar-refractivity contribution is 7.89. The number of esters is 1. The average Bonchev–Trinajstić information content (AvgIpc) is 3.08. The lowest BCUT2D eigenvalue weighted by Crippen LogP contribution is -2.32. The fourth-order valence-electron chi connectivity index (χ4n) is 3.36. The number of amides is 1. The number of nitrogens with zero attached hydrogens (tertiary/aromatic N) is 1. The van der Waals surface area contributed by atoms with Crippen LogP contribution in [0.2, 0.25) is 0 Å². The van der Waals surface area contributed by atoms with Crippen LogP contribution in [-0.2, 0) is 19.6 Å². The summed E-state index contributed by atoms with van der Waals surface area (Å²) < 4.78 is 37.6. The van der Waals surface area contributed by atoms with Crippen LogP contribution in [0.4, 0.5) is 5.69 Å². The van der Waals surface area contributed by atoms with Crippen molar-refractivity contribution in [3.05, 3.63) is 54.1 Å². The highest BCUT2D eigenvalue weighted by Gasteiger charge is 2.26. The zero-order valence-electron chi connectivity index (χ0n) is 17.4. The first-order valence-corrected chi connectivity index (χ1v) is 11.6. The Bertz CT molecular complexity index is 1030.